The first-order valence-corrected chi connectivity index (χ1v) is 7.82. The summed E-state index contributed by atoms with van der Waals surface area (Å²) in [5, 5.41) is 0. The van der Waals surface area contributed by atoms with E-state index in [2.05, 4.69) is 39.7 Å². The molecule has 3 nitrogen and oxygen atoms in total. The van der Waals surface area contributed by atoms with Crippen molar-refractivity contribution in [1.29, 1.82) is 0 Å². The quantitative estimate of drug-likeness (QED) is 0.670. The van der Waals surface area contributed by atoms with Crippen LogP contribution in [-0.2, 0) is 18.7 Å². The summed E-state index contributed by atoms with van der Waals surface area (Å²) >= 11 is 6.11. The summed E-state index contributed by atoms with van der Waals surface area (Å²) in [7, 11) is 0. The van der Waals surface area contributed by atoms with Gasteiger partial charge in [-0.2, -0.15) is 0 Å². The number of nitrogens with zero attached hydrogens (tertiary/aromatic N) is 3. The van der Waals surface area contributed by atoms with E-state index in [1.54, 1.807) is 0 Å². The maximum absolute atomic E-state index is 6.11. The first-order chi connectivity index (χ1) is 10.3. The molecule has 4 rings (SSSR count). The molecule has 4 heteroatoms. The summed E-state index contributed by atoms with van der Waals surface area (Å²) in [6.45, 7) is 2.06. The lowest BCUT2D eigenvalue weighted by atomic mass is 10.1. The van der Waals surface area contributed by atoms with E-state index in [4.69, 9.17) is 11.6 Å². The van der Waals surface area contributed by atoms with Gasteiger partial charge in [0, 0.05) is 11.9 Å². The Bertz CT molecular complexity index is 835. The van der Waals surface area contributed by atoms with Gasteiger partial charge in [-0.3, -0.25) is 4.57 Å². The van der Waals surface area contributed by atoms with Crippen LogP contribution in [0.15, 0.2) is 30.5 Å². The molecule has 106 valence electrons. The number of aromatic nitrogens is 3. The van der Waals surface area contributed by atoms with Crippen LogP contribution in [0.25, 0.3) is 16.9 Å². The molecule has 0 amide bonds. The van der Waals surface area contributed by atoms with Gasteiger partial charge in [-0.1, -0.05) is 6.07 Å². The molecule has 2 aromatic heterocycles. The molecule has 1 aliphatic rings. The Hall–Kier alpha value is -1.87. The van der Waals surface area contributed by atoms with E-state index < -0.39 is 0 Å². The van der Waals surface area contributed by atoms with Gasteiger partial charge < -0.3 is 0 Å². The molecule has 0 N–H and O–H groups in total. The molecular formula is C17H16ClN3. The Balaban J connectivity index is 1.99. The van der Waals surface area contributed by atoms with E-state index in [-0.39, 0.29) is 0 Å². The minimum atomic E-state index is 0.382. The zero-order valence-electron chi connectivity index (χ0n) is 11.9. The molecule has 0 saturated heterocycles. The highest BCUT2D eigenvalue weighted by atomic mass is 35.5. The first kappa shape index (κ1) is 12.8. The number of benzene rings is 1. The first-order valence-electron chi connectivity index (χ1n) is 7.29. The molecule has 21 heavy (non-hydrogen) atoms. The molecule has 0 aliphatic heterocycles. The number of hydrogen-bond acceptors (Lipinski definition) is 2. The summed E-state index contributed by atoms with van der Waals surface area (Å²) in [4.78, 5) is 9.19. The molecule has 3 aromatic rings. The van der Waals surface area contributed by atoms with Gasteiger partial charge in [0.25, 0.3) is 0 Å². The van der Waals surface area contributed by atoms with Gasteiger partial charge in [-0.05, 0) is 61.1 Å². The van der Waals surface area contributed by atoms with E-state index >= 15 is 0 Å². The van der Waals surface area contributed by atoms with E-state index in [1.807, 2.05) is 12.3 Å². The minimum Gasteiger partial charge on any atom is -0.280 e. The largest absolute Gasteiger partial charge is 0.280 e. The average Bonchev–Trinajstić information content (AvgIpc) is 3.10. The van der Waals surface area contributed by atoms with E-state index in [0.717, 1.165) is 28.2 Å². The molecule has 0 atom stereocenters. The lowest BCUT2D eigenvalue weighted by Crippen LogP contribution is -2.01. The highest BCUT2D eigenvalue weighted by Gasteiger charge is 2.17. The maximum atomic E-state index is 6.11. The average molecular weight is 298 g/mol. The molecule has 0 radical (unpaired) electrons. The van der Waals surface area contributed by atoms with Crippen molar-refractivity contribution in [3.8, 4) is 5.69 Å². The van der Waals surface area contributed by atoms with Crippen LogP contribution in [0.2, 0.25) is 0 Å². The lowest BCUT2D eigenvalue weighted by molar-refractivity contribution is 0.911. The standard InChI is InChI=1S/C17H16ClN3/c1-11-7-8-19-17-16(11)20-15(10-18)21(17)14-6-5-12-3-2-4-13(12)9-14/h5-9H,2-4,10H2,1H3. The van der Waals surface area contributed by atoms with Crippen molar-refractivity contribution in [3.05, 3.63) is 53.0 Å². The highest BCUT2D eigenvalue weighted by molar-refractivity contribution is 6.17. The number of alkyl halides is 1. The topological polar surface area (TPSA) is 30.7 Å². The van der Waals surface area contributed by atoms with E-state index in [1.165, 1.54) is 30.4 Å². The molecule has 0 fully saturated rings. The van der Waals surface area contributed by atoms with Crippen LogP contribution >= 0.6 is 11.6 Å². The Morgan fingerprint density at radius 1 is 1.19 bits per heavy atom. The van der Waals surface area contributed by atoms with Crippen LogP contribution in [0.3, 0.4) is 0 Å². The smallest absolute Gasteiger partial charge is 0.164 e. The predicted octanol–water partition coefficient (Wildman–Crippen LogP) is 3.96. The maximum Gasteiger partial charge on any atom is 0.164 e. The number of hydrogen-bond donors (Lipinski definition) is 0. The zero-order valence-corrected chi connectivity index (χ0v) is 12.7. The van der Waals surface area contributed by atoms with Gasteiger partial charge in [0.15, 0.2) is 5.65 Å². The van der Waals surface area contributed by atoms with Crippen molar-refractivity contribution < 1.29 is 0 Å². The Morgan fingerprint density at radius 2 is 2.05 bits per heavy atom. The number of fused-ring (bicyclic) bond motifs is 2. The van der Waals surface area contributed by atoms with Crippen LogP contribution in [0.5, 0.6) is 0 Å². The summed E-state index contributed by atoms with van der Waals surface area (Å²) in [5.41, 5.74) is 7.00. The summed E-state index contributed by atoms with van der Waals surface area (Å²) in [5.74, 6) is 1.23. The third kappa shape index (κ3) is 1.95. The second-order valence-electron chi connectivity index (χ2n) is 5.60. The summed E-state index contributed by atoms with van der Waals surface area (Å²) < 4.78 is 2.09. The lowest BCUT2D eigenvalue weighted by Gasteiger charge is -2.09. The fourth-order valence-corrected chi connectivity index (χ4v) is 3.38. The number of rotatable bonds is 2. The third-order valence-electron chi connectivity index (χ3n) is 4.28. The molecule has 0 unspecified atom stereocenters. The van der Waals surface area contributed by atoms with Gasteiger partial charge in [0.1, 0.15) is 11.3 Å². The van der Waals surface area contributed by atoms with Crippen molar-refractivity contribution >= 4 is 22.8 Å². The molecule has 1 aromatic carbocycles. The van der Waals surface area contributed by atoms with E-state index in [9.17, 15) is 0 Å². The third-order valence-corrected chi connectivity index (χ3v) is 4.52. The van der Waals surface area contributed by atoms with Crippen LogP contribution in [0.4, 0.5) is 0 Å². The van der Waals surface area contributed by atoms with Crippen LogP contribution in [0.1, 0.15) is 28.9 Å². The molecular weight excluding hydrogens is 282 g/mol. The molecule has 2 heterocycles. The van der Waals surface area contributed by atoms with Gasteiger partial charge in [-0.15, -0.1) is 11.6 Å². The summed E-state index contributed by atoms with van der Waals surface area (Å²) in [6, 6.07) is 8.65. The Kier molecular flexibility index (Phi) is 2.96. The zero-order chi connectivity index (χ0) is 14.4. The highest BCUT2D eigenvalue weighted by Crippen LogP contribution is 2.28. The van der Waals surface area contributed by atoms with Crippen molar-refractivity contribution in [2.45, 2.75) is 32.1 Å². The van der Waals surface area contributed by atoms with Gasteiger partial charge in [0.2, 0.25) is 0 Å². The van der Waals surface area contributed by atoms with Crippen LogP contribution < -0.4 is 0 Å². The molecule has 0 saturated carbocycles. The Morgan fingerprint density at radius 3 is 2.90 bits per heavy atom. The van der Waals surface area contributed by atoms with Gasteiger partial charge in [-0.25, -0.2) is 9.97 Å². The van der Waals surface area contributed by atoms with Crippen LogP contribution in [-0.4, -0.2) is 14.5 Å². The van der Waals surface area contributed by atoms with Crippen molar-refractivity contribution in [3.63, 3.8) is 0 Å². The van der Waals surface area contributed by atoms with Crippen molar-refractivity contribution in [2.24, 2.45) is 0 Å². The fourth-order valence-electron chi connectivity index (χ4n) is 3.20. The SMILES string of the molecule is Cc1ccnc2c1nc(CCl)n2-c1ccc2c(c1)CCC2. The number of pyridine rings is 1. The predicted molar refractivity (Wildman–Crippen MR) is 85.2 cm³/mol. The number of aryl methyl sites for hydroxylation is 3. The molecule has 0 spiro atoms. The monoisotopic (exact) mass is 297 g/mol. The van der Waals surface area contributed by atoms with Crippen molar-refractivity contribution in [1.82, 2.24) is 14.5 Å². The van der Waals surface area contributed by atoms with Gasteiger partial charge in [0.05, 0.1) is 5.88 Å². The van der Waals surface area contributed by atoms with E-state index in [0.29, 0.717) is 5.88 Å². The molecule has 0 bridgehead atoms. The second-order valence-corrected chi connectivity index (χ2v) is 5.87. The van der Waals surface area contributed by atoms with Gasteiger partial charge >= 0.3 is 0 Å². The number of imidazole rings is 1. The summed E-state index contributed by atoms with van der Waals surface area (Å²) in [6.07, 6.45) is 5.45. The number of halogens is 1. The Labute approximate surface area is 128 Å². The normalized spacial score (nSPS) is 13.8. The van der Waals surface area contributed by atoms with Crippen LogP contribution in [0, 0.1) is 6.92 Å². The van der Waals surface area contributed by atoms with Crippen molar-refractivity contribution in [2.75, 3.05) is 0 Å². The minimum absolute atomic E-state index is 0.382. The molecule has 1 aliphatic carbocycles. The fraction of sp³-hybridized carbons (Fsp3) is 0.294. The second kappa shape index (κ2) is 4.85.